The van der Waals surface area contributed by atoms with E-state index in [4.69, 9.17) is 5.11 Å². The molecule has 0 aliphatic carbocycles. The number of hydrogen-bond donors (Lipinski definition) is 3. The van der Waals surface area contributed by atoms with Gasteiger partial charge in [0.05, 0.1) is 17.8 Å². The summed E-state index contributed by atoms with van der Waals surface area (Å²) in [6.07, 6.45) is 12.2. The number of carboxylic acids is 1. The van der Waals surface area contributed by atoms with Gasteiger partial charge in [-0.15, -0.1) is 0 Å². The van der Waals surface area contributed by atoms with E-state index in [1.165, 1.54) is 12.8 Å². The Balaban J connectivity index is 2.54. The number of aliphatic hydroxyl groups excluding tert-OH is 2. The molecule has 0 radical (unpaired) electrons. The van der Waals surface area contributed by atoms with Gasteiger partial charge in [0.2, 0.25) is 0 Å². The molecule has 1 saturated heterocycles. The minimum atomic E-state index is -0.759. The van der Waals surface area contributed by atoms with Crippen LogP contribution in [0.4, 0.5) is 0 Å². The van der Waals surface area contributed by atoms with Crippen molar-refractivity contribution in [2.75, 3.05) is 5.75 Å². The van der Waals surface area contributed by atoms with Crippen LogP contribution in [-0.4, -0.2) is 38.4 Å². The highest BCUT2D eigenvalue weighted by atomic mass is 32.2. The summed E-state index contributed by atoms with van der Waals surface area (Å²) in [7, 11) is 0. The van der Waals surface area contributed by atoms with Gasteiger partial charge >= 0.3 is 5.97 Å². The first-order valence-electron chi connectivity index (χ1n) is 9.82. The van der Waals surface area contributed by atoms with Gasteiger partial charge in [-0.25, -0.2) is 0 Å². The number of rotatable bonds is 12. The van der Waals surface area contributed by atoms with E-state index in [1.54, 1.807) is 11.8 Å². The third-order valence-electron chi connectivity index (χ3n) is 5.01. The lowest BCUT2D eigenvalue weighted by Crippen LogP contribution is -2.25. The molecule has 0 aromatic rings. The summed E-state index contributed by atoms with van der Waals surface area (Å²) in [6, 6.07) is 0. The number of aliphatic hydroxyl groups is 2. The summed E-state index contributed by atoms with van der Waals surface area (Å²) in [6.45, 7) is 6.64. The highest BCUT2D eigenvalue weighted by molar-refractivity contribution is 8.00. The zero-order chi connectivity index (χ0) is 19.6. The molecular weight excluding hydrogens is 348 g/mol. The van der Waals surface area contributed by atoms with E-state index in [1.807, 2.05) is 12.2 Å². The van der Waals surface area contributed by atoms with E-state index >= 15 is 0 Å². The van der Waals surface area contributed by atoms with Gasteiger partial charge in [0, 0.05) is 17.4 Å². The molecule has 0 bridgehead atoms. The molecule has 0 aromatic carbocycles. The quantitative estimate of drug-likeness (QED) is 0.241. The van der Waals surface area contributed by atoms with Gasteiger partial charge < -0.3 is 15.3 Å². The Labute approximate surface area is 162 Å². The normalized spacial score (nSPS) is 24.5. The fraction of sp³-hybridized carbons (Fsp3) is 0.762. The van der Waals surface area contributed by atoms with Gasteiger partial charge in [-0.05, 0) is 43.6 Å². The standard InChI is InChI=1S/C21H36O4S/c1-4-5-13-21(2,3)14-12-16(22)20-17(23)15-26-18(20)10-8-6-7-9-11-19(24)25/h6,8,12,17-18,20,22-23H,4-5,7,9-11,13-15H2,1-3H3,(H,24,25)/b8-6?,16-12+/t17-,18-,20-/m0/s1. The molecule has 4 nitrogen and oxygen atoms in total. The molecule has 0 spiro atoms. The molecule has 1 rings (SSSR count). The van der Waals surface area contributed by atoms with E-state index in [2.05, 4.69) is 26.8 Å². The Morgan fingerprint density at radius 2 is 1.96 bits per heavy atom. The second-order valence-corrected chi connectivity index (χ2v) is 9.33. The molecule has 3 atom stereocenters. The van der Waals surface area contributed by atoms with E-state index in [0.29, 0.717) is 17.9 Å². The molecule has 0 saturated carbocycles. The molecule has 150 valence electrons. The van der Waals surface area contributed by atoms with E-state index in [9.17, 15) is 15.0 Å². The number of thioether (sulfide) groups is 1. The Morgan fingerprint density at radius 1 is 1.23 bits per heavy atom. The largest absolute Gasteiger partial charge is 0.512 e. The van der Waals surface area contributed by atoms with E-state index < -0.39 is 12.1 Å². The van der Waals surface area contributed by atoms with Crippen LogP contribution in [0.5, 0.6) is 0 Å². The first kappa shape index (κ1) is 23.1. The summed E-state index contributed by atoms with van der Waals surface area (Å²) in [5, 5.41) is 29.7. The fourth-order valence-electron chi connectivity index (χ4n) is 3.27. The maximum atomic E-state index is 10.6. The topological polar surface area (TPSA) is 77.8 Å². The second-order valence-electron chi connectivity index (χ2n) is 8.06. The average molecular weight is 385 g/mol. The van der Waals surface area contributed by atoms with Crippen LogP contribution >= 0.6 is 11.8 Å². The number of carboxylic acid groups (broad SMARTS) is 1. The first-order valence-corrected chi connectivity index (χ1v) is 10.9. The van der Waals surface area contributed by atoms with Crippen LogP contribution in [0.2, 0.25) is 0 Å². The molecule has 1 fully saturated rings. The highest BCUT2D eigenvalue weighted by Gasteiger charge is 2.37. The molecule has 26 heavy (non-hydrogen) atoms. The van der Waals surface area contributed by atoms with Gasteiger partial charge in [-0.2, -0.15) is 11.8 Å². The van der Waals surface area contributed by atoms with Crippen LogP contribution < -0.4 is 0 Å². The van der Waals surface area contributed by atoms with Gasteiger partial charge in [-0.3, -0.25) is 4.79 Å². The van der Waals surface area contributed by atoms with Crippen LogP contribution in [0.25, 0.3) is 0 Å². The predicted molar refractivity (Wildman–Crippen MR) is 110 cm³/mol. The molecular formula is C21H36O4S. The molecule has 5 heteroatoms. The second kappa shape index (κ2) is 11.7. The van der Waals surface area contributed by atoms with Crippen LogP contribution in [0, 0.1) is 11.3 Å². The minimum absolute atomic E-state index is 0.167. The lowest BCUT2D eigenvalue weighted by atomic mass is 9.83. The maximum absolute atomic E-state index is 10.6. The molecule has 0 aromatic heterocycles. The Hall–Kier alpha value is -0.940. The summed E-state index contributed by atoms with van der Waals surface area (Å²) < 4.78 is 0. The Kier molecular flexibility index (Phi) is 10.4. The van der Waals surface area contributed by atoms with Crippen molar-refractivity contribution in [1.29, 1.82) is 0 Å². The van der Waals surface area contributed by atoms with E-state index in [-0.39, 0.29) is 23.0 Å². The third-order valence-corrected chi connectivity index (χ3v) is 6.45. The van der Waals surface area contributed by atoms with Crippen molar-refractivity contribution in [3.8, 4) is 0 Å². The van der Waals surface area contributed by atoms with Crippen LogP contribution in [0.1, 0.15) is 72.1 Å². The summed E-state index contributed by atoms with van der Waals surface area (Å²) in [4.78, 5) is 10.5. The third kappa shape index (κ3) is 8.63. The smallest absolute Gasteiger partial charge is 0.303 e. The highest BCUT2D eigenvalue weighted by Crippen LogP contribution is 2.39. The molecule has 0 unspecified atom stereocenters. The van der Waals surface area contributed by atoms with Crippen molar-refractivity contribution in [3.63, 3.8) is 0 Å². The molecule has 0 amide bonds. The SMILES string of the molecule is CCCCC(C)(C)C/C=C(/O)[C@@H]1[C@H](CC=CCCCC(=O)O)SC[C@@H]1O. The summed E-state index contributed by atoms with van der Waals surface area (Å²) in [5.41, 5.74) is 0.167. The lowest BCUT2D eigenvalue weighted by molar-refractivity contribution is -0.137. The van der Waals surface area contributed by atoms with Crippen molar-refractivity contribution in [1.82, 2.24) is 0 Å². The van der Waals surface area contributed by atoms with Crippen LogP contribution in [-0.2, 0) is 4.79 Å². The van der Waals surface area contributed by atoms with Crippen molar-refractivity contribution < 1.29 is 20.1 Å². The molecule has 1 aliphatic heterocycles. The van der Waals surface area contributed by atoms with Crippen molar-refractivity contribution in [2.45, 2.75) is 83.5 Å². The fourth-order valence-corrected chi connectivity index (χ4v) is 4.70. The minimum Gasteiger partial charge on any atom is -0.512 e. The maximum Gasteiger partial charge on any atom is 0.303 e. The zero-order valence-electron chi connectivity index (χ0n) is 16.5. The number of allylic oxidation sites excluding steroid dienone is 3. The van der Waals surface area contributed by atoms with Crippen molar-refractivity contribution >= 4 is 17.7 Å². The summed E-state index contributed by atoms with van der Waals surface area (Å²) >= 11 is 1.71. The number of unbranched alkanes of at least 4 members (excludes halogenated alkanes) is 2. The van der Waals surface area contributed by atoms with Gasteiger partial charge in [-0.1, -0.05) is 45.8 Å². The number of carbonyl (C=O) groups is 1. The molecule has 3 N–H and O–H groups in total. The zero-order valence-corrected chi connectivity index (χ0v) is 17.3. The van der Waals surface area contributed by atoms with Crippen molar-refractivity contribution in [2.24, 2.45) is 11.3 Å². The Morgan fingerprint density at radius 3 is 2.62 bits per heavy atom. The van der Waals surface area contributed by atoms with E-state index in [0.717, 1.165) is 25.7 Å². The summed E-state index contributed by atoms with van der Waals surface area (Å²) in [5.74, 6) is 0.0196. The molecule has 1 heterocycles. The van der Waals surface area contributed by atoms with Crippen LogP contribution in [0.15, 0.2) is 24.0 Å². The predicted octanol–water partition coefficient (Wildman–Crippen LogP) is 5.33. The first-order chi connectivity index (χ1) is 12.3. The Bertz CT molecular complexity index is 484. The van der Waals surface area contributed by atoms with Gasteiger partial charge in [0.25, 0.3) is 0 Å². The van der Waals surface area contributed by atoms with Crippen LogP contribution in [0.3, 0.4) is 0 Å². The number of aliphatic carboxylic acids is 1. The average Bonchev–Trinajstić information content (AvgIpc) is 2.94. The molecule has 1 aliphatic rings. The van der Waals surface area contributed by atoms with Gasteiger partial charge in [0.1, 0.15) is 0 Å². The van der Waals surface area contributed by atoms with Crippen molar-refractivity contribution in [3.05, 3.63) is 24.0 Å². The number of hydrogen-bond acceptors (Lipinski definition) is 4. The van der Waals surface area contributed by atoms with Gasteiger partial charge in [0.15, 0.2) is 0 Å². The lowest BCUT2D eigenvalue weighted by Gasteiger charge is -2.24. The monoisotopic (exact) mass is 384 g/mol.